The third-order valence-electron chi connectivity index (χ3n) is 3.51. The summed E-state index contributed by atoms with van der Waals surface area (Å²) in [6, 6.07) is 11.7. The number of nitrogens with one attached hydrogen (secondary N) is 1. The molecule has 3 N–H and O–H groups in total. The highest BCUT2D eigenvalue weighted by Gasteiger charge is 2.14. The zero-order valence-corrected chi connectivity index (χ0v) is 14.7. The van der Waals surface area contributed by atoms with Gasteiger partial charge in [0.05, 0.1) is 13.2 Å². The molecule has 6 nitrogen and oxygen atoms in total. The van der Waals surface area contributed by atoms with Crippen LogP contribution in [0.5, 0.6) is 11.5 Å². The Morgan fingerprint density at radius 1 is 1.16 bits per heavy atom. The predicted octanol–water partition coefficient (Wildman–Crippen LogP) is 2.70. The van der Waals surface area contributed by atoms with Gasteiger partial charge in [-0.3, -0.25) is 9.59 Å². The summed E-state index contributed by atoms with van der Waals surface area (Å²) in [6.45, 7) is 1.61. The minimum Gasteiger partial charge on any atom is -0.493 e. The second-order valence-corrected chi connectivity index (χ2v) is 5.80. The van der Waals surface area contributed by atoms with Gasteiger partial charge in [0, 0.05) is 10.6 Å². The molecule has 2 amide bonds. The number of hydrogen-bond donors (Lipinski definition) is 2. The Morgan fingerprint density at radius 2 is 1.84 bits per heavy atom. The molecule has 0 saturated carbocycles. The van der Waals surface area contributed by atoms with Crippen molar-refractivity contribution in [2.45, 2.75) is 13.0 Å². The van der Waals surface area contributed by atoms with Crippen molar-refractivity contribution in [2.24, 2.45) is 5.73 Å². The molecule has 2 aromatic rings. The van der Waals surface area contributed by atoms with Gasteiger partial charge in [-0.15, -0.1) is 0 Å². The summed E-state index contributed by atoms with van der Waals surface area (Å²) in [6.07, 6.45) is 0. The fourth-order valence-corrected chi connectivity index (χ4v) is 2.32. The Morgan fingerprint density at radius 3 is 2.44 bits per heavy atom. The molecule has 0 aromatic heterocycles. The fraction of sp³-hybridized carbons (Fsp3) is 0.222. The summed E-state index contributed by atoms with van der Waals surface area (Å²) >= 11 is 5.87. The van der Waals surface area contributed by atoms with Crippen molar-refractivity contribution >= 4 is 23.4 Å². The van der Waals surface area contributed by atoms with Gasteiger partial charge in [-0.2, -0.15) is 0 Å². The Bertz CT molecular complexity index is 762. The van der Waals surface area contributed by atoms with E-state index in [1.807, 2.05) is 19.1 Å². The molecule has 25 heavy (non-hydrogen) atoms. The topological polar surface area (TPSA) is 90.7 Å². The summed E-state index contributed by atoms with van der Waals surface area (Å²) in [5.41, 5.74) is 6.40. The van der Waals surface area contributed by atoms with Crippen LogP contribution in [0.25, 0.3) is 0 Å². The molecular weight excluding hydrogens is 344 g/mol. The molecule has 0 fully saturated rings. The normalized spacial score (nSPS) is 11.5. The average molecular weight is 363 g/mol. The molecule has 0 aliphatic heterocycles. The number of carbonyl (C=O) groups excluding carboxylic acids is 2. The molecule has 1 atom stereocenters. The van der Waals surface area contributed by atoms with E-state index in [0.717, 1.165) is 5.56 Å². The average Bonchev–Trinajstić information content (AvgIpc) is 2.60. The smallest absolute Gasteiger partial charge is 0.255 e. The van der Waals surface area contributed by atoms with Crippen molar-refractivity contribution in [1.82, 2.24) is 5.32 Å². The summed E-state index contributed by atoms with van der Waals surface area (Å²) in [7, 11) is 1.45. The maximum absolute atomic E-state index is 12.4. The van der Waals surface area contributed by atoms with Gasteiger partial charge in [-0.1, -0.05) is 23.7 Å². The van der Waals surface area contributed by atoms with Crippen LogP contribution in [0.15, 0.2) is 42.5 Å². The lowest BCUT2D eigenvalue weighted by Gasteiger charge is -2.16. The second-order valence-electron chi connectivity index (χ2n) is 5.37. The van der Waals surface area contributed by atoms with Gasteiger partial charge >= 0.3 is 0 Å². The molecule has 0 spiro atoms. The van der Waals surface area contributed by atoms with Crippen LogP contribution in [0, 0.1) is 0 Å². The number of methoxy groups -OCH3 is 1. The summed E-state index contributed by atoms with van der Waals surface area (Å²) in [4.78, 5) is 23.2. The highest BCUT2D eigenvalue weighted by molar-refractivity contribution is 6.30. The summed E-state index contributed by atoms with van der Waals surface area (Å²) in [5, 5.41) is 3.54. The van der Waals surface area contributed by atoms with Gasteiger partial charge in [0.1, 0.15) is 0 Å². The van der Waals surface area contributed by atoms with Crippen LogP contribution in [0.4, 0.5) is 0 Å². The van der Waals surface area contributed by atoms with Crippen molar-refractivity contribution in [2.75, 3.05) is 13.7 Å². The lowest BCUT2D eigenvalue weighted by molar-refractivity contribution is -0.119. The predicted molar refractivity (Wildman–Crippen MR) is 95.0 cm³/mol. The number of halogens is 1. The summed E-state index contributed by atoms with van der Waals surface area (Å²) < 4.78 is 10.4. The van der Waals surface area contributed by atoms with E-state index >= 15 is 0 Å². The van der Waals surface area contributed by atoms with Crippen molar-refractivity contribution < 1.29 is 19.1 Å². The van der Waals surface area contributed by atoms with Gasteiger partial charge in [0.15, 0.2) is 18.1 Å². The lowest BCUT2D eigenvalue weighted by atomic mass is 10.1. The maximum Gasteiger partial charge on any atom is 0.255 e. The lowest BCUT2D eigenvalue weighted by Crippen LogP contribution is -2.26. The number of ether oxygens (including phenoxy) is 2. The molecule has 0 aliphatic carbocycles. The molecule has 0 radical (unpaired) electrons. The van der Waals surface area contributed by atoms with E-state index in [-0.39, 0.29) is 18.6 Å². The van der Waals surface area contributed by atoms with E-state index in [1.165, 1.54) is 7.11 Å². The zero-order chi connectivity index (χ0) is 18.4. The standard InChI is InChI=1S/C18H19ClN2O4/c1-11(12-3-6-14(19)7-4-12)21-18(23)13-5-8-15(16(9-13)24-2)25-10-17(20)22/h3-9,11H,10H2,1-2H3,(H2,20,22)(H,21,23)/t11-/m1/s1. The van der Waals surface area contributed by atoms with Gasteiger partial charge in [-0.25, -0.2) is 0 Å². The monoisotopic (exact) mass is 362 g/mol. The number of rotatable bonds is 7. The third kappa shape index (κ3) is 5.12. The van der Waals surface area contributed by atoms with Crippen LogP contribution < -0.4 is 20.5 Å². The van der Waals surface area contributed by atoms with Gasteiger partial charge in [0.2, 0.25) is 0 Å². The summed E-state index contributed by atoms with van der Waals surface area (Å²) in [5.74, 6) is -0.181. The van der Waals surface area contributed by atoms with Crippen LogP contribution in [0.2, 0.25) is 5.02 Å². The van der Waals surface area contributed by atoms with Crippen LogP contribution in [-0.4, -0.2) is 25.5 Å². The first-order valence-corrected chi connectivity index (χ1v) is 7.94. The minimum absolute atomic E-state index is 0.193. The van der Waals surface area contributed by atoms with Crippen molar-refractivity contribution in [1.29, 1.82) is 0 Å². The third-order valence-corrected chi connectivity index (χ3v) is 3.77. The van der Waals surface area contributed by atoms with E-state index in [1.54, 1.807) is 30.3 Å². The highest BCUT2D eigenvalue weighted by Crippen LogP contribution is 2.28. The number of carbonyl (C=O) groups is 2. The Hall–Kier alpha value is -2.73. The largest absolute Gasteiger partial charge is 0.493 e. The highest BCUT2D eigenvalue weighted by atomic mass is 35.5. The van der Waals surface area contributed by atoms with Gasteiger partial charge in [0.25, 0.3) is 11.8 Å². The molecule has 0 saturated heterocycles. The molecule has 2 aromatic carbocycles. The van der Waals surface area contributed by atoms with Crippen LogP contribution >= 0.6 is 11.6 Å². The molecule has 0 aliphatic rings. The number of benzene rings is 2. The Balaban J connectivity index is 2.10. The van der Waals surface area contributed by atoms with E-state index in [0.29, 0.717) is 22.1 Å². The number of amides is 2. The van der Waals surface area contributed by atoms with E-state index < -0.39 is 5.91 Å². The molecule has 0 heterocycles. The van der Waals surface area contributed by atoms with Gasteiger partial charge < -0.3 is 20.5 Å². The van der Waals surface area contributed by atoms with Crippen LogP contribution in [0.3, 0.4) is 0 Å². The first kappa shape index (κ1) is 18.6. The second kappa shape index (κ2) is 8.39. The number of hydrogen-bond acceptors (Lipinski definition) is 4. The van der Waals surface area contributed by atoms with Crippen molar-refractivity contribution in [3.63, 3.8) is 0 Å². The fourth-order valence-electron chi connectivity index (χ4n) is 2.19. The van der Waals surface area contributed by atoms with Crippen LogP contribution in [0.1, 0.15) is 28.9 Å². The van der Waals surface area contributed by atoms with Crippen molar-refractivity contribution in [3.05, 3.63) is 58.6 Å². The maximum atomic E-state index is 12.4. The Labute approximate surface area is 150 Å². The minimum atomic E-state index is -0.597. The van der Waals surface area contributed by atoms with E-state index in [9.17, 15) is 9.59 Å². The molecular formula is C18H19ClN2O4. The van der Waals surface area contributed by atoms with Crippen LogP contribution in [-0.2, 0) is 4.79 Å². The zero-order valence-electron chi connectivity index (χ0n) is 13.9. The number of nitrogens with two attached hydrogens (primary N) is 1. The van der Waals surface area contributed by atoms with Crippen molar-refractivity contribution in [3.8, 4) is 11.5 Å². The van der Waals surface area contributed by atoms with E-state index in [2.05, 4.69) is 5.32 Å². The molecule has 132 valence electrons. The molecule has 0 unspecified atom stereocenters. The Kier molecular flexibility index (Phi) is 6.25. The quantitative estimate of drug-likeness (QED) is 0.792. The molecule has 2 rings (SSSR count). The SMILES string of the molecule is COc1cc(C(=O)N[C@H](C)c2ccc(Cl)cc2)ccc1OCC(N)=O. The first-order chi connectivity index (χ1) is 11.9. The molecule has 7 heteroatoms. The van der Waals surface area contributed by atoms with Gasteiger partial charge in [-0.05, 0) is 42.8 Å². The first-order valence-electron chi connectivity index (χ1n) is 7.56. The van der Waals surface area contributed by atoms with E-state index in [4.69, 9.17) is 26.8 Å². The number of primary amides is 1. The molecule has 0 bridgehead atoms.